The predicted molar refractivity (Wildman–Crippen MR) is 39.3 cm³/mol. The van der Waals surface area contributed by atoms with Gasteiger partial charge in [0, 0.05) is 0 Å². The van der Waals surface area contributed by atoms with Crippen LogP contribution >= 0.6 is 0 Å². The van der Waals surface area contributed by atoms with Gasteiger partial charge in [-0.25, -0.2) is 4.79 Å². The van der Waals surface area contributed by atoms with Gasteiger partial charge >= 0.3 is 5.76 Å². The molecular formula is C7H5NO4. The minimum atomic E-state index is -0.911. The summed E-state index contributed by atoms with van der Waals surface area (Å²) in [7, 11) is 0. The molecule has 0 fully saturated rings. The zero-order valence-electron chi connectivity index (χ0n) is 5.89. The average Bonchev–Trinajstić information content (AvgIpc) is 2.29. The summed E-state index contributed by atoms with van der Waals surface area (Å²) >= 11 is 0. The molecule has 0 bridgehead atoms. The monoisotopic (exact) mass is 167 g/mol. The fourth-order valence-electron chi connectivity index (χ4n) is 1.03. The summed E-state index contributed by atoms with van der Waals surface area (Å²) in [6, 6.07) is 4.34. The Kier molecular flexibility index (Phi) is 1.15. The van der Waals surface area contributed by atoms with Crippen molar-refractivity contribution in [1.29, 1.82) is 0 Å². The highest BCUT2D eigenvalue weighted by molar-refractivity contribution is 5.79. The first-order valence-electron chi connectivity index (χ1n) is 3.23. The number of phenolic OH excluding ortho intramolecular Hbond substituents is 1. The molecule has 0 aliphatic heterocycles. The maximum Gasteiger partial charge on any atom is 0.453 e. The molecule has 0 unspecified atom stereocenters. The minimum Gasteiger partial charge on any atom is -0.505 e. The molecule has 2 rings (SSSR count). The average molecular weight is 167 g/mol. The minimum absolute atomic E-state index is 0.0116. The van der Waals surface area contributed by atoms with Crippen molar-refractivity contribution >= 4 is 11.1 Å². The third kappa shape index (κ3) is 0.701. The molecule has 5 nitrogen and oxygen atoms in total. The molecule has 0 atom stereocenters. The first kappa shape index (κ1) is 6.78. The molecule has 2 N–H and O–H groups in total. The van der Waals surface area contributed by atoms with E-state index in [9.17, 15) is 9.90 Å². The Morgan fingerprint density at radius 1 is 1.42 bits per heavy atom. The molecule has 0 radical (unpaired) electrons. The van der Waals surface area contributed by atoms with E-state index >= 15 is 0 Å². The van der Waals surface area contributed by atoms with E-state index < -0.39 is 5.76 Å². The summed E-state index contributed by atoms with van der Waals surface area (Å²) in [5.41, 5.74) is 0.144. The second-order valence-electron chi connectivity index (χ2n) is 2.30. The maximum atomic E-state index is 10.7. The number of hydrogen-bond donors (Lipinski definition) is 2. The summed E-state index contributed by atoms with van der Waals surface area (Å²) in [5, 5.41) is 18.2. The van der Waals surface area contributed by atoms with Gasteiger partial charge in [-0.1, -0.05) is 6.07 Å². The van der Waals surface area contributed by atoms with Gasteiger partial charge in [-0.2, -0.15) is 0 Å². The van der Waals surface area contributed by atoms with Crippen LogP contribution in [-0.2, 0) is 0 Å². The van der Waals surface area contributed by atoms with E-state index in [4.69, 9.17) is 5.21 Å². The second kappa shape index (κ2) is 2.04. The molecule has 1 heterocycles. The van der Waals surface area contributed by atoms with Crippen molar-refractivity contribution in [1.82, 2.24) is 4.73 Å². The number of oxazole rings is 1. The third-order valence-electron chi connectivity index (χ3n) is 1.56. The summed E-state index contributed by atoms with van der Waals surface area (Å²) in [6.45, 7) is 0. The van der Waals surface area contributed by atoms with Gasteiger partial charge in [0.05, 0.1) is 0 Å². The number of aromatic nitrogens is 1. The van der Waals surface area contributed by atoms with E-state index in [2.05, 4.69) is 4.42 Å². The Hall–Kier alpha value is -1.91. The SMILES string of the molecule is O=c1oc2cccc(O)c2n1O. The topological polar surface area (TPSA) is 75.6 Å². The van der Waals surface area contributed by atoms with E-state index in [1.807, 2.05) is 0 Å². The van der Waals surface area contributed by atoms with Crippen molar-refractivity contribution in [2.45, 2.75) is 0 Å². The standard InChI is InChI=1S/C7H5NO4/c9-4-2-1-3-5-6(4)8(11)7(10)12-5/h1-3,9,11H. The van der Waals surface area contributed by atoms with Gasteiger partial charge in [-0.3, -0.25) is 0 Å². The van der Waals surface area contributed by atoms with E-state index in [1.54, 1.807) is 0 Å². The molecule has 1 aromatic carbocycles. The normalized spacial score (nSPS) is 10.7. The number of hydrogen-bond acceptors (Lipinski definition) is 4. The molecule has 0 amide bonds. The van der Waals surface area contributed by atoms with Crippen molar-refractivity contribution in [2.75, 3.05) is 0 Å². The van der Waals surface area contributed by atoms with Gasteiger partial charge in [-0.15, -0.1) is 4.73 Å². The summed E-state index contributed by atoms with van der Waals surface area (Å²) < 4.78 is 4.85. The van der Waals surface area contributed by atoms with Crippen LogP contribution in [0.15, 0.2) is 27.4 Å². The van der Waals surface area contributed by atoms with Crippen LogP contribution in [0.1, 0.15) is 0 Å². The third-order valence-corrected chi connectivity index (χ3v) is 1.56. The summed E-state index contributed by atoms with van der Waals surface area (Å²) in [5.74, 6) is -1.10. The van der Waals surface area contributed by atoms with Crippen molar-refractivity contribution in [3.63, 3.8) is 0 Å². The molecular weight excluding hydrogens is 162 g/mol. The molecule has 0 saturated heterocycles. The van der Waals surface area contributed by atoms with Crippen LogP contribution in [0.3, 0.4) is 0 Å². The van der Waals surface area contributed by atoms with Crippen LogP contribution in [0, 0.1) is 0 Å². The fraction of sp³-hybridized carbons (Fsp3) is 0. The lowest BCUT2D eigenvalue weighted by atomic mass is 10.3. The highest BCUT2D eigenvalue weighted by atomic mass is 16.5. The van der Waals surface area contributed by atoms with Crippen molar-refractivity contribution < 1.29 is 14.7 Å². The van der Waals surface area contributed by atoms with Crippen LogP contribution in [0.25, 0.3) is 11.1 Å². The number of aromatic hydroxyl groups is 1. The van der Waals surface area contributed by atoms with Crippen LogP contribution < -0.4 is 5.76 Å². The lowest BCUT2D eigenvalue weighted by Gasteiger charge is -1.92. The van der Waals surface area contributed by atoms with Gasteiger partial charge in [0.25, 0.3) is 0 Å². The van der Waals surface area contributed by atoms with Crippen LogP contribution in [-0.4, -0.2) is 15.0 Å². The lowest BCUT2D eigenvalue weighted by Crippen LogP contribution is -2.09. The Morgan fingerprint density at radius 3 is 2.83 bits per heavy atom. The number of rotatable bonds is 0. The van der Waals surface area contributed by atoms with E-state index in [0.29, 0.717) is 0 Å². The number of para-hydroxylation sites is 1. The maximum absolute atomic E-state index is 10.7. The van der Waals surface area contributed by atoms with Gasteiger partial charge in [0.15, 0.2) is 11.1 Å². The molecule has 0 spiro atoms. The molecule has 62 valence electrons. The Balaban J connectivity index is 3.07. The number of benzene rings is 1. The quantitative estimate of drug-likeness (QED) is 0.561. The Morgan fingerprint density at radius 2 is 2.17 bits per heavy atom. The smallest absolute Gasteiger partial charge is 0.453 e. The zero-order chi connectivity index (χ0) is 8.72. The van der Waals surface area contributed by atoms with E-state index in [1.165, 1.54) is 18.2 Å². The lowest BCUT2D eigenvalue weighted by molar-refractivity contribution is 0.171. The van der Waals surface area contributed by atoms with E-state index in [-0.39, 0.29) is 21.6 Å². The van der Waals surface area contributed by atoms with Crippen LogP contribution in [0.2, 0.25) is 0 Å². The van der Waals surface area contributed by atoms with Gasteiger partial charge in [0.2, 0.25) is 0 Å². The molecule has 2 aromatic rings. The summed E-state index contributed by atoms with van der Waals surface area (Å²) in [4.78, 5) is 10.7. The molecule has 12 heavy (non-hydrogen) atoms. The molecule has 5 heteroatoms. The number of phenols is 1. The zero-order valence-corrected chi connectivity index (χ0v) is 5.89. The highest BCUT2D eigenvalue weighted by Crippen LogP contribution is 2.21. The predicted octanol–water partition coefficient (Wildman–Crippen LogP) is 0.537. The molecule has 0 aliphatic carbocycles. The van der Waals surface area contributed by atoms with Crippen LogP contribution in [0.4, 0.5) is 0 Å². The van der Waals surface area contributed by atoms with E-state index in [0.717, 1.165) is 0 Å². The van der Waals surface area contributed by atoms with Crippen molar-refractivity contribution in [3.8, 4) is 5.75 Å². The molecule has 0 saturated carbocycles. The largest absolute Gasteiger partial charge is 0.505 e. The van der Waals surface area contributed by atoms with Gasteiger partial charge in [-0.05, 0) is 12.1 Å². The van der Waals surface area contributed by atoms with Crippen molar-refractivity contribution in [2.24, 2.45) is 0 Å². The Bertz CT molecular complexity index is 482. The first-order valence-corrected chi connectivity index (χ1v) is 3.23. The van der Waals surface area contributed by atoms with Gasteiger partial charge in [0.1, 0.15) is 5.75 Å². The number of nitrogens with zero attached hydrogens (tertiary/aromatic N) is 1. The second-order valence-corrected chi connectivity index (χ2v) is 2.30. The number of fused-ring (bicyclic) bond motifs is 1. The fourth-order valence-corrected chi connectivity index (χ4v) is 1.03. The Labute approximate surface area is 66.0 Å². The first-order chi connectivity index (χ1) is 5.70. The van der Waals surface area contributed by atoms with Crippen molar-refractivity contribution in [3.05, 3.63) is 28.7 Å². The summed E-state index contributed by atoms with van der Waals surface area (Å²) in [6.07, 6.45) is 0. The molecule has 0 aliphatic rings. The molecule has 1 aromatic heterocycles. The van der Waals surface area contributed by atoms with Gasteiger partial charge < -0.3 is 14.7 Å². The highest BCUT2D eigenvalue weighted by Gasteiger charge is 2.10. The van der Waals surface area contributed by atoms with Crippen LogP contribution in [0.5, 0.6) is 5.75 Å².